The minimum Gasteiger partial charge on any atom is -0.309 e. The van der Waals surface area contributed by atoms with E-state index in [2.05, 4.69) is 130 Å². The molecule has 3 heterocycles. The number of rotatable bonds is 4. The third-order valence-electron chi connectivity index (χ3n) is 8.60. The van der Waals surface area contributed by atoms with Crippen LogP contribution in [0.5, 0.6) is 0 Å². The molecule has 8 aromatic rings. The van der Waals surface area contributed by atoms with E-state index in [-0.39, 0.29) is 0 Å². The van der Waals surface area contributed by atoms with Gasteiger partial charge in [-0.1, -0.05) is 109 Å². The van der Waals surface area contributed by atoms with Crippen LogP contribution in [0.1, 0.15) is 18.7 Å². The van der Waals surface area contributed by atoms with E-state index in [9.17, 15) is 0 Å². The fourth-order valence-corrected chi connectivity index (χ4v) is 6.60. The Morgan fingerprint density at radius 3 is 1.73 bits per heavy atom. The normalized spacial score (nSPS) is 13.3. The monoisotopic (exact) mass is 565 g/mol. The van der Waals surface area contributed by atoms with Gasteiger partial charge in [-0.05, 0) is 43.2 Å². The second-order valence-corrected chi connectivity index (χ2v) is 11.2. The third kappa shape index (κ3) is 3.83. The number of fused-ring (bicyclic) bond motifs is 6. The van der Waals surface area contributed by atoms with Crippen LogP contribution in [-0.4, -0.2) is 24.1 Å². The van der Waals surface area contributed by atoms with Crippen LogP contribution in [0.15, 0.2) is 140 Å². The lowest BCUT2D eigenvalue weighted by molar-refractivity contribution is 0.927. The van der Waals surface area contributed by atoms with Crippen molar-refractivity contribution in [2.75, 3.05) is 0 Å². The second kappa shape index (κ2) is 9.89. The molecule has 0 aliphatic heterocycles. The molecule has 0 N–H and O–H groups in total. The predicted octanol–water partition coefficient (Wildman–Crippen LogP) is 9.47. The maximum Gasteiger partial charge on any atom is 0.238 e. The van der Waals surface area contributed by atoms with Crippen LogP contribution in [0.3, 0.4) is 0 Å². The number of hydrogen-bond donors (Lipinski definition) is 0. The van der Waals surface area contributed by atoms with Crippen LogP contribution < -0.4 is 0 Å². The van der Waals surface area contributed by atoms with Gasteiger partial charge >= 0.3 is 0 Å². The van der Waals surface area contributed by atoms with E-state index in [1.54, 1.807) is 0 Å². The first-order valence-corrected chi connectivity index (χ1v) is 15.0. The van der Waals surface area contributed by atoms with Gasteiger partial charge in [0.2, 0.25) is 5.95 Å². The molecule has 0 spiro atoms. The molecule has 0 saturated heterocycles. The average Bonchev–Trinajstić information content (AvgIpc) is 3.61. The van der Waals surface area contributed by atoms with Gasteiger partial charge in [-0.15, -0.1) is 0 Å². The molecule has 0 atom stereocenters. The summed E-state index contributed by atoms with van der Waals surface area (Å²) >= 11 is 0. The molecule has 1 aliphatic rings. The van der Waals surface area contributed by atoms with Gasteiger partial charge in [-0.25, -0.2) is 4.98 Å². The lowest BCUT2D eigenvalue weighted by Crippen LogP contribution is -2.08. The Morgan fingerprint density at radius 2 is 1.07 bits per heavy atom. The molecule has 0 bridgehead atoms. The smallest absolute Gasteiger partial charge is 0.238 e. The van der Waals surface area contributed by atoms with Crippen molar-refractivity contribution in [3.8, 4) is 23.0 Å². The zero-order chi connectivity index (χ0) is 29.0. The predicted molar refractivity (Wildman–Crippen MR) is 180 cm³/mol. The molecule has 0 radical (unpaired) electrons. The Bertz CT molecular complexity index is 2390. The Kier molecular flexibility index (Phi) is 5.56. The molecule has 9 rings (SSSR count). The highest BCUT2D eigenvalue weighted by Crippen LogP contribution is 2.36. The maximum absolute atomic E-state index is 5.13. The topological polar surface area (TPSA) is 48.5 Å². The summed E-state index contributed by atoms with van der Waals surface area (Å²) in [6.45, 7) is 0. The Labute approximate surface area is 254 Å². The number of para-hydroxylation sites is 3. The molecular formula is C39H27N5. The van der Waals surface area contributed by atoms with Crippen LogP contribution in [0.2, 0.25) is 0 Å². The van der Waals surface area contributed by atoms with Gasteiger partial charge in [-0.2, -0.15) is 9.97 Å². The summed E-state index contributed by atoms with van der Waals surface area (Å²) in [5, 5.41) is 4.81. The summed E-state index contributed by atoms with van der Waals surface area (Å²) in [7, 11) is 0. The van der Waals surface area contributed by atoms with Gasteiger partial charge in [0.05, 0.1) is 22.1 Å². The lowest BCUT2D eigenvalue weighted by Gasteiger charge is -2.13. The first-order chi connectivity index (χ1) is 21.8. The third-order valence-corrected chi connectivity index (χ3v) is 8.60. The van der Waals surface area contributed by atoms with Gasteiger partial charge in [0.1, 0.15) is 0 Å². The number of allylic oxidation sites excluding steroid dienone is 4. The van der Waals surface area contributed by atoms with E-state index in [4.69, 9.17) is 15.0 Å². The maximum atomic E-state index is 5.13. The van der Waals surface area contributed by atoms with Crippen molar-refractivity contribution in [3.05, 3.63) is 145 Å². The van der Waals surface area contributed by atoms with Crippen molar-refractivity contribution in [3.63, 3.8) is 0 Å². The molecule has 3 aromatic heterocycles. The quantitative estimate of drug-likeness (QED) is 0.214. The highest BCUT2D eigenvalue weighted by atomic mass is 15.2. The zero-order valence-electron chi connectivity index (χ0n) is 23.9. The average molecular weight is 566 g/mol. The Balaban J connectivity index is 1.35. The van der Waals surface area contributed by atoms with Crippen molar-refractivity contribution in [2.45, 2.75) is 12.8 Å². The van der Waals surface area contributed by atoms with E-state index >= 15 is 0 Å². The van der Waals surface area contributed by atoms with Gasteiger partial charge in [0, 0.05) is 38.4 Å². The minimum absolute atomic E-state index is 0.610. The largest absolute Gasteiger partial charge is 0.309 e. The number of aromatic nitrogens is 5. The Hall–Kier alpha value is -5.81. The van der Waals surface area contributed by atoms with E-state index < -0.39 is 0 Å². The number of nitrogens with zero attached hydrogens (tertiary/aromatic N) is 5. The molecule has 0 fully saturated rings. The molecule has 5 aromatic carbocycles. The van der Waals surface area contributed by atoms with Crippen LogP contribution in [0, 0.1) is 0 Å². The molecule has 0 saturated carbocycles. The summed E-state index contributed by atoms with van der Waals surface area (Å²) in [5.74, 6) is 1.96. The molecule has 1 aliphatic carbocycles. The lowest BCUT2D eigenvalue weighted by atomic mass is 10.1. The van der Waals surface area contributed by atoms with E-state index in [1.165, 1.54) is 21.8 Å². The van der Waals surface area contributed by atoms with Crippen LogP contribution in [0.4, 0.5) is 0 Å². The summed E-state index contributed by atoms with van der Waals surface area (Å²) in [5.41, 5.74) is 7.56. The van der Waals surface area contributed by atoms with Crippen molar-refractivity contribution >= 4 is 49.2 Å². The SMILES string of the molecule is C1=CC(c2nc(-c3ccccc3)nc(-n3c4ccccc4c4ccc(-n5c6ccccc6c6ccccc65)cc43)n2)=CCC1. The molecular weight excluding hydrogens is 538 g/mol. The standard InChI is InChI=1S/C39H27N5/c1-3-13-26(14-4-1)37-40-38(27-15-5-2-6-16-27)42-39(41-37)44-35-22-12-9-19-31(35)32-24-23-28(25-36(32)44)43-33-20-10-7-17-29(33)30-18-8-11-21-34(30)43/h1,3-5,7-25H,2,6H2. The molecule has 5 nitrogen and oxygen atoms in total. The molecule has 5 heteroatoms. The molecule has 44 heavy (non-hydrogen) atoms. The van der Waals surface area contributed by atoms with E-state index in [0.717, 1.165) is 51.5 Å². The summed E-state index contributed by atoms with van der Waals surface area (Å²) in [6.07, 6.45) is 8.56. The van der Waals surface area contributed by atoms with Crippen LogP contribution in [-0.2, 0) is 0 Å². The van der Waals surface area contributed by atoms with Gasteiger partial charge in [0.25, 0.3) is 0 Å². The zero-order valence-corrected chi connectivity index (χ0v) is 23.9. The number of benzene rings is 5. The van der Waals surface area contributed by atoms with E-state index in [0.29, 0.717) is 17.6 Å². The summed E-state index contributed by atoms with van der Waals surface area (Å²) in [6, 6.07) is 42.7. The summed E-state index contributed by atoms with van der Waals surface area (Å²) in [4.78, 5) is 15.2. The second-order valence-electron chi connectivity index (χ2n) is 11.2. The first-order valence-electron chi connectivity index (χ1n) is 15.0. The van der Waals surface area contributed by atoms with E-state index in [1.807, 2.05) is 18.2 Å². The van der Waals surface area contributed by atoms with Crippen molar-refractivity contribution in [1.29, 1.82) is 0 Å². The van der Waals surface area contributed by atoms with Crippen LogP contribution >= 0.6 is 0 Å². The highest BCUT2D eigenvalue weighted by Gasteiger charge is 2.20. The molecule has 208 valence electrons. The minimum atomic E-state index is 0.610. The van der Waals surface area contributed by atoms with Crippen molar-refractivity contribution in [2.24, 2.45) is 0 Å². The van der Waals surface area contributed by atoms with Crippen molar-refractivity contribution in [1.82, 2.24) is 24.1 Å². The van der Waals surface area contributed by atoms with Gasteiger partial charge in [0.15, 0.2) is 11.6 Å². The van der Waals surface area contributed by atoms with Gasteiger partial charge in [-0.3, -0.25) is 4.57 Å². The highest BCUT2D eigenvalue weighted by molar-refractivity contribution is 6.11. The van der Waals surface area contributed by atoms with Crippen LogP contribution in [0.25, 0.3) is 72.2 Å². The fraction of sp³-hybridized carbons (Fsp3) is 0.0513. The molecule has 0 unspecified atom stereocenters. The summed E-state index contributed by atoms with van der Waals surface area (Å²) < 4.78 is 4.56. The van der Waals surface area contributed by atoms with Crippen molar-refractivity contribution < 1.29 is 0 Å². The molecule has 0 amide bonds. The van der Waals surface area contributed by atoms with Gasteiger partial charge < -0.3 is 4.57 Å². The first kappa shape index (κ1) is 24.8. The number of hydrogen-bond acceptors (Lipinski definition) is 3. The fourth-order valence-electron chi connectivity index (χ4n) is 6.60. The Morgan fingerprint density at radius 1 is 0.477 bits per heavy atom.